The molecule has 16 heavy (non-hydrogen) atoms. The maximum atomic E-state index is 9.24. The third kappa shape index (κ3) is 2.40. The molecule has 0 atom stereocenters. The smallest absolute Gasteiger partial charge is 0.0703 e. The summed E-state index contributed by atoms with van der Waals surface area (Å²) in [4.78, 5) is 6.19. The third-order valence-electron chi connectivity index (χ3n) is 2.47. The normalized spacial score (nSPS) is 10.4. The van der Waals surface area contributed by atoms with E-state index in [1.54, 1.807) is 23.7 Å². The van der Waals surface area contributed by atoms with E-state index in [-0.39, 0.29) is 6.61 Å². The first-order valence-corrected chi connectivity index (χ1v) is 6.01. The summed E-state index contributed by atoms with van der Waals surface area (Å²) in [6, 6.07) is 3.95. The van der Waals surface area contributed by atoms with Crippen molar-refractivity contribution in [2.75, 3.05) is 11.9 Å². The number of pyridine rings is 1. The fraction of sp³-hybridized carbons (Fsp3) is 0.250. The van der Waals surface area contributed by atoms with Gasteiger partial charge in [0.2, 0.25) is 0 Å². The monoisotopic (exact) mass is 234 g/mol. The second-order valence-corrected chi connectivity index (χ2v) is 4.43. The number of aromatic nitrogens is 1. The number of hydrogen-bond donors (Lipinski definition) is 1. The molecule has 0 fully saturated rings. The Morgan fingerprint density at radius 3 is 3.00 bits per heavy atom. The van der Waals surface area contributed by atoms with Gasteiger partial charge in [0.1, 0.15) is 0 Å². The lowest BCUT2D eigenvalue weighted by Crippen LogP contribution is -2.17. The molecule has 0 aliphatic carbocycles. The first-order chi connectivity index (χ1) is 7.81. The summed E-state index contributed by atoms with van der Waals surface area (Å²) in [5, 5.41) is 13.4. The van der Waals surface area contributed by atoms with Crippen molar-refractivity contribution in [3.63, 3.8) is 0 Å². The molecule has 0 aromatic carbocycles. The molecule has 0 amide bonds. The standard InChI is InChI=1S/C12H14N2OS/c1-14(7-10-3-5-16-9-10)12-6-13-4-2-11(12)8-15/h2-6,9,15H,7-8H2,1H3. The van der Waals surface area contributed by atoms with E-state index >= 15 is 0 Å². The average Bonchev–Trinajstić information content (AvgIpc) is 2.81. The van der Waals surface area contributed by atoms with Crippen LogP contribution >= 0.6 is 11.3 Å². The Morgan fingerprint density at radius 1 is 1.44 bits per heavy atom. The molecule has 3 nitrogen and oxygen atoms in total. The molecule has 0 unspecified atom stereocenters. The van der Waals surface area contributed by atoms with Crippen LogP contribution in [-0.4, -0.2) is 17.1 Å². The Balaban J connectivity index is 2.17. The van der Waals surface area contributed by atoms with Crippen LogP contribution < -0.4 is 4.90 Å². The molecule has 2 rings (SSSR count). The predicted molar refractivity (Wildman–Crippen MR) is 66.6 cm³/mol. The Morgan fingerprint density at radius 2 is 2.31 bits per heavy atom. The number of thiophene rings is 1. The Labute approximate surface area is 99.0 Å². The highest BCUT2D eigenvalue weighted by molar-refractivity contribution is 7.07. The van der Waals surface area contributed by atoms with Gasteiger partial charge in [-0.1, -0.05) is 0 Å². The molecule has 2 aromatic heterocycles. The minimum atomic E-state index is 0.0475. The maximum Gasteiger partial charge on any atom is 0.0703 e. The Kier molecular flexibility index (Phi) is 3.54. The van der Waals surface area contributed by atoms with Gasteiger partial charge < -0.3 is 10.0 Å². The zero-order valence-electron chi connectivity index (χ0n) is 9.13. The first-order valence-electron chi connectivity index (χ1n) is 5.07. The summed E-state index contributed by atoms with van der Waals surface area (Å²) in [5.41, 5.74) is 3.17. The summed E-state index contributed by atoms with van der Waals surface area (Å²) >= 11 is 1.70. The molecule has 0 spiro atoms. The van der Waals surface area contributed by atoms with Gasteiger partial charge in [0.05, 0.1) is 18.5 Å². The molecule has 0 radical (unpaired) electrons. The van der Waals surface area contributed by atoms with E-state index < -0.39 is 0 Å². The van der Waals surface area contributed by atoms with Gasteiger partial charge in [-0.15, -0.1) is 0 Å². The average molecular weight is 234 g/mol. The zero-order chi connectivity index (χ0) is 11.4. The molecule has 4 heteroatoms. The van der Waals surface area contributed by atoms with E-state index in [1.165, 1.54) is 5.56 Å². The van der Waals surface area contributed by atoms with Crippen molar-refractivity contribution in [3.8, 4) is 0 Å². The van der Waals surface area contributed by atoms with Crippen LogP contribution in [0.3, 0.4) is 0 Å². The lowest BCUT2D eigenvalue weighted by atomic mass is 10.2. The van der Waals surface area contributed by atoms with Crippen molar-refractivity contribution >= 4 is 17.0 Å². The van der Waals surface area contributed by atoms with Gasteiger partial charge in [-0.3, -0.25) is 4.98 Å². The van der Waals surface area contributed by atoms with E-state index in [0.717, 1.165) is 17.8 Å². The zero-order valence-corrected chi connectivity index (χ0v) is 9.94. The van der Waals surface area contributed by atoms with Gasteiger partial charge >= 0.3 is 0 Å². The van der Waals surface area contributed by atoms with Gasteiger partial charge in [0, 0.05) is 25.4 Å². The number of anilines is 1. The van der Waals surface area contributed by atoms with Crippen LogP contribution in [0, 0.1) is 0 Å². The quantitative estimate of drug-likeness (QED) is 0.881. The molecular weight excluding hydrogens is 220 g/mol. The second-order valence-electron chi connectivity index (χ2n) is 3.65. The lowest BCUT2D eigenvalue weighted by molar-refractivity contribution is 0.282. The van der Waals surface area contributed by atoms with Crippen LogP contribution in [-0.2, 0) is 13.2 Å². The van der Waals surface area contributed by atoms with E-state index in [4.69, 9.17) is 0 Å². The number of nitrogens with zero attached hydrogens (tertiary/aromatic N) is 2. The van der Waals surface area contributed by atoms with Gasteiger partial charge in [-0.05, 0) is 28.5 Å². The van der Waals surface area contributed by atoms with E-state index in [2.05, 4.69) is 26.7 Å². The summed E-state index contributed by atoms with van der Waals surface area (Å²) in [7, 11) is 2.01. The number of aliphatic hydroxyl groups excluding tert-OH is 1. The number of hydrogen-bond acceptors (Lipinski definition) is 4. The van der Waals surface area contributed by atoms with Gasteiger partial charge in [-0.2, -0.15) is 11.3 Å². The van der Waals surface area contributed by atoms with Crippen molar-refractivity contribution in [2.45, 2.75) is 13.2 Å². The van der Waals surface area contributed by atoms with Crippen LogP contribution in [0.4, 0.5) is 5.69 Å². The SMILES string of the molecule is CN(Cc1ccsc1)c1cnccc1CO. The van der Waals surface area contributed by atoms with Gasteiger partial charge in [0.25, 0.3) is 0 Å². The molecule has 0 bridgehead atoms. The maximum absolute atomic E-state index is 9.24. The molecule has 0 aliphatic heterocycles. The minimum absolute atomic E-state index is 0.0475. The number of rotatable bonds is 4. The van der Waals surface area contributed by atoms with E-state index in [0.29, 0.717) is 0 Å². The fourth-order valence-electron chi connectivity index (χ4n) is 1.63. The fourth-order valence-corrected chi connectivity index (χ4v) is 2.29. The first kappa shape index (κ1) is 11.1. The van der Waals surface area contributed by atoms with Crippen LogP contribution in [0.5, 0.6) is 0 Å². The highest BCUT2D eigenvalue weighted by Crippen LogP contribution is 2.20. The Bertz CT molecular complexity index is 442. The van der Waals surface area contributed by atoms with Gasteiger partial charge in [-0.25, -0.2) is 0 Å². The molecule has 84 valence electrons. The van der Waals surface area contributed by atoms with Crippen LogP contribution in [0.25, 0.3) is 0 Å². The predicted octanol–water partition coefficient (Wildman–Crippen LogP) is 2.27. The van der Waals surface area contributed by atoms with Crippen molar-refractivity contribution in [3.05, 3.63) is 46.4 Å². The molecule has 0 aliphatic rings. The largest absolute Gasteiger partial charge is 0.392 e. The van der Waals surface area contributed by atoms with Crippen molar-refractivity contribution < 1.29 is 5.11 Å². The molecule has 1 N–H and O–H groups in total. The van der Waals surface area contributed by atoms with Crippen molar-refractivity contribution in [1.29, 1.82) is 0 Å². The molecule has 2 aromatic rings. The van der Waals surface area contributed by atoms with Crippen LogP contribution in [0.1, 0.15) is 11.1 Å². The molecule has 0 saturated heterocycles. The highest BCUT2D eigenvalue weighted by atomic mass is 32.1. The lowest BCUT2D eigenvalue weighted by Gasteiger charge is -2.20. The van der Waals surface area contributed by atoms with Crippen molar-refractivity contribution in [1.82, 2.24) is 4.98 Å². The Hall–Kier alpha value is -1.39. The third-order valence-corrected chi connectivity index (χ3v) is 3.20. The van der Waals surface area contributed by atoms with E-state index in [1.807, 2.05) is 13.1 Å². The molecule has 0 saturated carbocycles. The minimum Gasteiger partial charge on any atom is -0.392 e. The van der Waals surface area contributed by atoms with Crippen LogP contribution in [0.2, 0.25) is 0 Å². The molecular formula is C12H14N2OS. The highest BCUT2D eigenvalue weighted by Gasteiger charge is 2.07. The van der Waals surface area contributed by atoms with Crippen LogP contribution in [0.15, 0.2) is 35.3 Å². The summed E-state index contributed by atoms with van der Waals surface area (Å²) in [6.07, 6.45) is 3.49. The number of aliphatic hydroxyl groups is 1. The summed E-state index contributed by atoms with van der Waals surface area (Å²) in [6.45, 7) is 0.883. The van der Waals surface area contributed by atoms with Crippen molar-refractivity contribution in [2.24, 2.45) is 0 Å². The van der Waals surface area contributed by atoms with Gasteiger partial charge in [0.15, 0.2) is 0 Å². The summed E-state index contributed by atoms with van der Waals surface area (Å²) in [5.74, 6) is 0. The molecule has 2 heterocycles. The summed E-state index contributed by atoms with van der Waals surface area (Å²) < 4.78 is 0. The topological polar surface area (TPSA) is 36.4 Å². The second kappa shape index (κ2) is 5.09. The van der Waals surface area contributed by atoms with E-state index in [9.17, 15) is 5.11 Å².